The van der Waals surface area contributed by atoms with Gasteiger partial charge in [-0.2, -0.15) is 8.42 Å². The van der Waals surface area contributed by atoms with E-state index in [1.807, 2.05) is 30.3 Å². The van der Waals surface area contributed by atoms with Gasteiger partial charge in [0.25, 0.3) is 15.9 Å². The van der Waals surface area contributed by atoms with E-state index in [2.05, 4.69) is 20.3 Å². The minimum absolute atomic E-state index is 0.160. The van der Waals surface area contributed by atoms with Crippen molar-refractivity contribution >= 4 is 33.4 Å². The molecule has 0 spiro atoms. The molecule has 3 aromatic rings. The smallest absolute Gasteiger partial charge is 0.285 e. The van der Waals surface area contributed by atoms with Crippen LogP contribution < -0.4 is 16.0 Å². The van der Waals surface area contributed by atoms with Crippen molar-refractivity contribution in [2.45, 2.75) is 36.2 Å². The highest BCUT2D eigenvalue weighted by atomic mass is 32.2. The van der Waals surface area contributed by atoms with Crippen LogP contribution in [0.1, 0.15) is 34.3 Å². The van der Waals surface area contributed by atoms with E-state index in [9.17, 15) is 18.0 Å². The van der Waals surface area contributed by atoms with E-state index in [1.54, 1.807) is 42.5 Å². The fraction of sp³-hybridized carbons (Fsp3) is 0.192. The Balaban J connectivity index is 1.28. The number of rotatable bonds is 7. The molecule has 1 saturated carbocycles. The van der Waals surface area contributed by atoms with Crippen LogP contribution in [0.2, 0.25) is 0 Å². The van der Waals surface area contributed by atoms with Gasteiger partial charge in [0, 0.05) is 29.3 Å². The lowest BCUT2D eigenvalue weighted by atomic mass is 10.0. The van der Waals surface area contributed by atoms with Crippen molar-refractivity contribution in [2.75, 3.05) is 5.32 Å². The van der Waals surface area contributed by atoms with Crippen molar-refractivity contribution < 1.29 is 18.0 Å². The third-order valence-electron chi connectivity index (χ3n) is 5.87. The molecule has 3 aromatic carbocycles. The molecule has 5 rings (SSSR count). The lowest BCUT2D eigenvalue weighted by Gasteiger charge is -2.19. The van der Waals surface area contributed by atoms with Crippen molar-refractivity contribution in [3.05, 3.63) is 95.6 Å². The van der Waals surface area contributed by atoms with Crippen molar-refractivity contribution in [2.24, 2.45) is 4.40 Å². The topological polar surface area (TPSA) is 117 Å². The summed E-state index contributed by atoms with van der Waals surface area (Å²) in [6.07, 6.45) is 2.31. The van der Waals surface area contributed by atoms with Gasteiger partial charge in [-0.15, -0.1) is 4.40 Å². The van der Waals surface area contributed by atoms with E-state index in [-0.39, 0.29) is 28.6 Å². The zero-order valence-corrected chi connectivity index (χ0v) is 19.6. The van der Waals surface area contributed by atoms with Crippen molar-refractivity contribution in [3.63, 3.8) is 0 Å². The van der Waals surface area contributed by atoms with Crippen LogP contribution in [-0.4, -0.2) is 38.2 Å². The van der Waals surface area contributed by atoms with Crippen molar-refractivity contribution in [3.8, 4) is 0 Å². The predicted octanol–water partition coefficient (Wildman–Crippen LogP) is 2.87. The summed E-state index contributed by atoms with van der Waals surface area (Å²) in [7, 11) is -3.72. The molecule has 1 heterocycles. The van der Waals surface area contributed by atoms with E-state index >= 15 is 0 Å². The van der Waals surface area contributed by atoms with Gasteiger partial charge in [-0.25, -0.2) is 0 Å². The maximum absolute atomic E-state index is 12.9. The summed E-state index contributed by atoms with van der Waals surface area (Å²) in [5.41, 5.74) is 2.42. The van der Waals surface area contributed by atoms with Gasteiger partial charge in [-0.05, 0) is 54.8 Å². The summed E-state index contributed by atoms with van der Waals surface area (Å²) in [5.74, 6) is -0.325. The molecule has 3 N–H and O–H groups in total. The first-order chi connectivity index (χ1) is 16.9. The molecule has 9 heteroatoms. The molecule has 1 unspecified atom stereocenters. The molecule has 2 amide bonds. The predicted molar refractivity (Wildman–Crippen MR) is 133 cm³/mol. The molecule has 0 radical (unpaired) electrons. The molecule has 1 aliphatic carbocycles. The average Bonchev–Trinajstić information content (AvgIpc) is 3.64. The van der Waals surface area contributed by atoms with Gasteiger partial charge in [-0.1, -0.05) is 42.5 Å². The Bertz CT molecular complexity index is 1400. The SMILES string of the molecule is O=C(NC(Cc1ccccc1)C(=O)NC1CC1)c1ccc(NC2=NS(=O)(=O)c3ccccc32)cc1. The summed E-state index contributed by atoms with van der Waals surface area (Å²) < 4.78 is 28.3. The number of amides is 2. The molecule has 0 bridgehead atoms. The van der Waals surface area contributed by atoms with Crippen LogP contribution in [0, 0.1) is 0 Å². The third-order valence-corrected chi connectivity index (χ3v) is 7.20. The monoisotopic (exact) mass is 488 g/mol. The quantitative estimate of drug-likeness (QED) is 0.473. The van der Waals surface area contributed by atoms with E-state index < -0.39 is 16.1 Å². The Morgan fingerprint density at radius 3 is 2.31 bits per heavy atom. The number of nitrogens with zero attached hydrogens (tertiary/aromatic N) is 1. The number of hydrogen-bond donors (Lipinski definition) is 3. The van der Waals surface area contributed by atoms with Gasteiger partial charge >= 0.3 is 0 Å². The first kappa shape index (κ1) is 22.8. The summed E-state index contributed by atoms with van der Waals surface area (Å²) >= 11 is 0. The summed E-state index contributed by atoms with van der Waals surface area (Å²) in [4.78, 5) is 25.9. The fourth-order valence-electron chi connectivity index (χ4n) is 3.87. The summed E-state index contributed by atoms with van der Waals surface area (Å²) in [6.45, 7) is 0. The zero-order chi connectivity index (χ0) is 24.4. The van der Waals surface area contributed by atoms with Gasteiger partial charge in [0.1, 0.15) is 10.9 Å². The normalized spacial score (nSPS) is 16.5. The first-order valence-electron chi connectivity index (χ1n) is 11.4. The highest BCUT2D eigenvalue weighted by Crippen LogP contribution is 2.26. The van der Waals surface area contributed by atoms with Gasteiger partial charge < -0.3 is 16.0 Å². The summed E-state index contributed by atoms with van der Waals surface area (Å²) in [6, 6.07) is 22.2. The highest BCUT2D eigenvalue weighted by molar-refractivity contribution is 7.90. The standard InChI is InChI=1S/C26H24N4O4S/c31-25(29-22(26(32)28-20-14-15-20)16-17-6-2-1-3-7-17)18-10-12-19(13-11-18)27-24-21-8-4-5-9-23(21)35(33,34)30-24/h1-13,20,22H,14-16H2,(H,27,30)(H,28,32)(H,29,31). The maximum Gasteiger partial charge on any atom is 0.285 e. The minimum atomic E-state index is -3.72. The Labute approximate surface area is 203 Å². The Kier molecular flexibility index (Phi) is 6.08. The maximum atomic E-state index is 12.9. The Morgan fingerprint density at radius 2 is 1.60 bits per heavy atom. The van der Waals surface area contributed by atoms with E-state index in [0.29, 0.717) is 23.2 Å². The fourth-order valence-corrected chi connectivity index (χ4v) is 5.04. The zero-order valence-electron chi connectivity index (χ0n) is 18.8. The third kappa shape index (κ3) is 5.25. The number of hydrogen-bond acceptors (Lipinski definition) is 5. The van der Waals surface area contributed by atoms with Crippen LogP contribution in [-0.2, 0) is 21.2 Å². The number of carbonyl (C=O) groups is 2. The van der Waals surface area contributed by atoms with Crippen molar-refractivity contribution in [1.29, 1.82) is 0 Å². The number of benzene rings is 3. The van der Waals surface area contributed by atoms with Crippen LogP contribution in [0.25, 0.3) is 0 Å². The van der Waals surface area contributed by atoms with Gasteiger partial charge in [-0.3, -0.25) is 9.59 Å². The number of amidine groups is 1. The van der Waals surface area contributed by atoms with Gasteiger partial charge in [0.2, 0.25) is 5.91 Å². The van der Waals surface area contributed by atoms with Crippen molar-refractivity contribution in [1.82, 2.24) is 10.6 Å². The second kappa shape index (κ2) is 9.34. The minimum Gasteiger partial charge on any atom is -0.352 e. The molecule has 1 fully saturated rings. The molecule has 35 heavy (non-hydrogen) atoms. The largest absolute Gasteiger partial charge is 0.352 e. The van der Waals surface area contributed by atoms with Gasteiger partial charge in [0.15, 0.2) is 5.84 Å². The van der Waals surface area contributed by atoms with E-state index in [4.69, 9.17) is 0 Å². The van der Waals surface area contributed by atoms with Gasteiger partial charge in [0.05, 0.1) is 0 Å². The van der Waals surface area contributed by atoms with Crippen LogP contribution >= 0.6 is 0 Å². The number of fused-ring (bicyclic) bond motifs is 1. The molecule has 2 aliphatic rings. The Morgan fingerprint density at radius 1 is 0.914 bits per heavy atom. The number of sulfonamides is 1. The molecule has 0 aromatic heterocycles. The molecule has 1 atom stereocenters. The van der Waals surface area contributed by atoms with E-state index in [1.165, 1.54) is 6.07 Å². The summed E-state index contributed by atoms with van der Waals surface area (Å²) in [5, 5.41) is 8.84. The molecule has 0 saturated heterocycles. The number of nitrogens with one attached hydrogen (secondary N) is 3. The van der Waals surface area contributed by atoms with Crippen LogP contribution in [0.3, 0.4) is 0 Å². The number of carbonyl (C=O) groups excluding carboxylic acids is 2. The second-order valence-electron chi connectivity index (χ2n) is 8.61. The van der Waals surface area contributed by atoms with E-state index in [0.717, 1.165) is 18.4 Å². The molecule has 8 nitrogen and oxygen atoms in total. The second-order valence-corrected chi connectivity index (χ2v) is 10.2. The van der Waals surface area contributed by atoms with Crippen LogP contribution in [0.5, 0.6) is 0 Å². The highest BCUT2D eigenvalue weighted by Gasteiger charge is 2.30. The Hall–Kier alpha value is -3.98. The molecular weight excluding hydrogens is 464 g/mol. The molecular formula is C26H24N4O4S. The van der Waals surface area contributed by atoms with Crippen LogP contribution in [0.15, 0.2) is 88.2 Å². The lowest BCUT2D eigenvalue weighted by molar-refractivity contribution is -0.123. The molecule has 1 aliphatic heterocycles. The lowest BCUT2D eigenvalue weighted by Crippen LogP contribution is -2.48. The average molecular weight is 489 g/mol. The number of anilines is 1. The molecule has 178 valence electrons. The first-order valence-corrected chi connectivity index (χ1v) is 12.8. The van der Waals surface area contributed by atoms with Crippen LogP contribution in [0.4, 0.5) is 5.69 Å².